The Balaban J connectivity index is 2.38. The summed E-state index contributed by atoms with van der Waals surface area (Å²) in [6, 6.07) is 9.99. The van der Waals surface area contributed by atoms with Crippen molar-refractivity contribution in [3.05, 3.63) is 78.8 Å². The normalized spacial score (nSPS) is 12.0. The first-order valence-corrected chi connectivity index (χ1v) is 12.1. The zero-order valence-electron chi connectivity index (χ0n) is 15.9. The van der Waals surface area contributed by atoms with Crippen LogP contribution in [-0.4, -0.2) is 39.0 Å². The first-order chi connectivity index (χ1) is 13.6. The standard InChI is InChI=1S/C19H20N2O6SSe/c1-3-4-5-17(13-28(26,27)16-9-6-14(2)7-10-16)29-19-11-8-15(20(22)23)12-18(19)21(24)25/h5-12H,3-4,13H2,1-2H3/b17-5-. The molecule has 0 radical (unpaired) electrons. The topological polar surface area (TPSA) is 120 Å². The van der Waals surface area contributed by atoms with Crippen molar-refractivity contribution in [2.75, 3.05) is 5.75 Å². The summed E-state index contributed by atoms with van der Waals surface area (Å²) in [5.41, 5.74) is 0.202. The molecule has 0 aromatic heterocycles. The summed E-state index contributed by atoms with van der Waals surface area (Å²) in [5, 5.41) is 22.3. The van der Waals surface area contributed by atoms with Crippen LogP contribution in [0.2, 0.25) is 0 Å². The van der Waals surface area contributed by atoms with E-state index in [0.717, 1.165) is 18.1 Å². The predicted molar refractivity (Wildman–Crippen MR) is 111 cm³/mol. The van der Waals surface area contributed by atoms with Gasteiger partial charge in [-0.1, -0.05) is 0 Å². The summed E-state index contributed by atoms with van der Waals surface area (Å²) in [4.78, 5) is 21.1. The Kier molecular flexibility index (Phi) is 7.66. The van der Waals surface area contributed by atoms with Gasteiger partial charge in [0.2, 0.25) is 0 Å². The molecule has 8 nitrogen and oxygen atoms in total. The summed E-state index contributed by atoms with van der Waals surface area (Å²) in [6.45, 7) is 3.81. The minimum absolute atomic E-state index is 0.194. The Labute approximate surface area is 175 Å². The number of allylic oxidation sites excluding steroid dienone is 1. The van der Waals surface area contributed by atoms with Crippen LogP contribution in [-0.2, 0) is 9.84 Å². The van der Waals surface area contributed by atoms with Gasteiger partial charge in [-0.2, -0.15) is 0 Å². The molecule has 0 N–H and O–H groups in total. The van der Waals surface area contributed by atoms with Crippen LogP contribution in [0.4, 0.5) is 11.4 Å². The number of hydrogen-bond donors (Lipinski definition) is 0. The number of nitro benzene ring substituents is 2. The van der Waals surface area contributed by atoms with Crippen molar-refractivity contribution in [1.82, 2.24) is 0 Å². The van der Waals surface area contributed by atoms with E-state index in [1.165, 1.54) is 12.1 Å². The Morgan fingerprint density at radius 1 is 1.07 bits per heavy atom. The van der Waals surface area contributed by atoms with Gasteiger partial charge >= 0.3 is 175 Å². The van der Waals surface area contributed by atoms with E-state index >= 15 is 0 Å². The van der Waals surface area contributed by atoms with Crippen LogP contribution in [0.1, 0.15) is 25.3 Å². The molecule has 0 saturated heterocycles. The molecule has 0 aliphatic carbocycles. The number of unbranched alkanes of at least 4 members (excludes halogenated alkanes) is 1. The molecule has 0 atom stereocenters. The quantitative estimate of drug-likeness (QED) is 0.307. The van der Waals surface area contributed by atoms with E-state index in [9.17, 15) is 28.6 Å². The molecule has 0 saturated carbocycles. The Morgan fingerprint density at radius 2 is 1.72 bits per heavy atom. The van der Waals surface area contributed by atoms with Gasteiger partial charge in [-0.05, 0) is 0 Å². The molecule has 0 spiro atoms. The number of benzene rings is 2. The molecule has 0 heterocycles. The second-order valence-electron chi connectivity index (χ2n) is 6.30. The molecule has 0 fully saturated rings. The van der Waals surface area contributed by atoms with Crippen molar-refractivity contribution in [1.29, 1.82) is 0 Å². The minimum atomic E-state index is -3.61. The SMILES string of the molecule is CCC/C=C(/CS(=O)(=O)c1ccc(C)cc1)[Se]c1ccc([N+](=O)[O-])cc1[N+](=O)[O-]. The first kappa shape index (κ1) is 22.7. The molecule has 0 aliphatic rings. The first-order valence-electron chi connectivity index (χ1n) is 8.73. The van der Waals surface area contributed by atoms with Gasteiger partial charge in [0, 0.05) is 0 Å². The van der Waals surface area contributed by atoms with Crippen molar-refractivity contribution in [2.45, 2.75) is 31.6 Å². The van der Waals surface area contributed by atoms with Crippen LogP contribution in [0, 0.1) is 27.2 Å². The Morgan fingerprint density at radius 3 is 2.28 bits per heavy atom. The van der Waals surface area contributed by atoms with Crippen LogP contribution in [0.3, 0.4) is 0 Å². The fourth-order valence-electron chi connectivity index (χ4n) is 2.44. The van der Waals surface area contributed by atoms with Crippen LogP contribution < -0.4 is 4.46 Å². The molecule has 0 amide bonds. The van der Waals surface area contributed by atoms with Gasteiger partial charge in [-0.3, -0.25) is 0 Å². The third-order valence-electron chi connectivity index (χ3n) is 3.96. The second-order valence-corrected chi connectivity index (χ2v) is 10.7. The third kappa shape index (κ3) is 6.22. The predicted octanol–water partition coefficient (Wildman–Crippen LogP) is 3.30. The van der Waals surface area contributed by atoms with E-state index in [-0.39, 0.29) is 22.0 Å². The number of hydrogen-bond acceptors (Lipinski definition) is 6. The summed E-state index contributed by atoms with van der Waals surface area (Å²) in [5.74, 6) is -0.246. The fraction of sp³-hybridized carbons (Fsp3) is 0.263. The molecular weight excluding hydrogens is 463 g/mol. The molecular formula is C19H20N2O6SSe. The van der Waals surface area contributed by atoms with Crippen molar-refractivity contribution in [2.24, 2.45) is 0 Å². The number of non-ortho nitro benzene ring substituents is 1. The number of sulfone groups is 1. The number of rotatable bonds is 9. The molecule has 2 aromatic carbocycles. The summed E-state index contributed by atoms with van der Waals surface area (Å²) < 4.78 is 26.5. The number of nitro groups is 2. The molecule has 0 aliphatic heterocycles. The molecule has 2 aromatic rings. The van der Waals surface area contributed by atoms with Crippen molar-refractivity contribution in [3.8, 4) is 0 Å². The van der Waals surface area contributed by atoms with Crippen molar-refractivity contribution in [3.63, 3.8) is 0 Å². The molecule has 29 heavy (non-hydrogen) atoms. The monoisotopic (exact) mass is 484 g/mol. The van der Waals surface area contributed by atoms with Crippen LogP contribution in [0.5, 0.6) is 0 Å². The van der Waals surface area contributed by atoms with E-state index in [1.54, 1.807) is 30.3 Å². The average Bonchev–Trinajstić information content (AvgIpc) is 2.66. The van der Waals surface area contributed by atoms with Crippen LogP contribution in [0.15, 0.2) is 57.9 Å². The Bertz CT molecular complexity index is 1050. The summed E-state index contributed by atoms with van der Waals surface area (Å²) >= 11 is -0.662. The Hall–Kier alpha value is -2.55. The van der Waals surface area contributed by atoms with Gasteiger partial charge in [0.15, 0.2) is 0 Å². The number of nitrogens with zero attached hydrogens (tertiary/aromatic N) is 2. The third-order valence-corrected chi connectivity index (χ3v) is 8.45. The number of aryl methyl sites for hydroxylation is 1. The summed E-state index contributed by atoms with van der Waals surface area (Å²) in [7, 11) is -3.61. The summed E-state index contributed by atoms with van der Waals surface area (Å²) in [6.07, 6.45) is 3.24. The maximum atomic E-state index is 12.8. The maximum absolute atomic E-state index is 12.8. The van der Waals surface area contributed by atoms with Gasteiger partial charge in [0.05, 0.1) is 0 Å². The van der Waals surface area contributed by atoms with E-state index in [4.69, 9.17) is 0 Å². The van der Waals surface area contributed by atoms with Crippen molar-refractivity contribution >= 4 is 40.6 Å². The zero-order valence-corrected chi connectivity index (χ0v) is 18.4. The van der Waals surface area contributed by atoms with Crippen LogP contribution >= 0.6 is 0 Å². The van der Waals surface area contributed by atoms with E-state index < -0.39 is 34.6 Å². The molecule has 10 heteroatoms. The van der Waals surface area contributed by atoms with Gasteiger partial charge in [-0.15, -0.1) is 0 Å². The fourth-order valence-corrected chi connectivity index (χ4v) is 6.86. The molecule has 0 bridgehead atoms. The van der Waals surface area contributed by atoms with Gasteiger partial charge < -0.3 is 0 Å². The van der Waals surface area contributed by atoms with Crippen LogP contribution in [0.25, 0.3) is 0 Å². The molecule has 154 valence electrons. The van der Waals surface area contributed by atoms with Gasteiger partial charge in [0.1, 0.15) is 0 Å². The second kappa shape index (κ2) is 9.78. The molecule has 2 rings (SSSR count). The van der Waals surface area contributed by atoms with Gasteiger partial charge in [0.25, 0.3) is 0 Å². The average molecular weight is 483 g/mol. The van der Waals surface area contributed by atoms with Crippen molar-refractivity contribution < 1.29 is 18.3 Å². The van der Waals surface area contributed by atoms with E-state index in [1.807, 2.05) is 13.8 Å². The van der Waals surface area contributed by atoms with E-state index in [2.05, 4.69) is 0 Å². The van der Waals surface area contributed by atoms with E-state index in [0.29, 0.717) is 15.4 Å². The molecule has 0 unspecified atom stereocenters. The zero-order chi connectivity index (χ0) is 21.6. The van der Waals surface area contributed by atoms with Gasteiger partial charge in [-0.25, -0.2) is 0 Å².